The van der Waals surface area contributed by atoms with Crippen LogP contribution in [0.3, 0.4) is 0 Å². The minimum absolute atomic E-state index is 0.535. The van der Waals surface area contributed by atoms with Crippen LogP contribution in [-0.4, -0.2) is 11.7 Å². The summed E-state index contributed by atoms with van der Waals surface area (Å²) in [6, 6.07) is 0. The van der Waals surface area contributed by atoms with E-state index >= 15 is 0 Å². The number of hydrogen-bond acceptors (Lipinski definition) is 3. The van der Waals surface area contributed by atoms with Gasteiger partial charge in [0.05, 0.1) is 0 Å². The smallest absolute Gasteiger partial charge is 0.143 e. The van der Waals surface area contributed by atoms with E-state index in [1.807, 2.05) is 0 Å². The lowest BCUT2D eigenvalue weighted by Gasteiger charge is -2.22. The molecule has 1 aromatic heterocycles. The van der Waals surface area contributed by atoms with Crippen molar-refractivity contribution in [3.63, 3.8) is 0 Å². The van der Waals surface area contributed by atoms with E-state index in [2.05, 4.69) is 38.2 Å². The second-order valence-electron chi connectivity index (χ2n) is 5.81. The molecule has 3 heteroatoms. The third kappa shape index (κ3) is 2.71. The summed E-state index contributed by atoms with van der Waals surface area (Å²) in [5.74, 6) is 2.94. The van der Waals surface area contributed by atoms with Crippen molar-refractivity contribution in [2.24, 2.45) is 5.92 Å². The number of hydrogen-bond donors (Lipinski definition) is 1. The number of nitrogens with zero attached hydrogens (tertiary/aromatic N) is 1. The van der Waals surface area contributed by atoms with Crippen molar-refractivity contribution in [3.05, 3.63) is 17.0 Å². The van der Waals surface area contributed by atoms with Crippen LogP contribution in [0.25, 0.3) is 0 Å². The molecule has 1 aliphatic rings. The van der Waals surface area contributed by atoms with E-state index in [0.29, 0.717) is 17.8 Å². The molecule has 3 nitrogen and oxygen atoms in total. The monoisotopic (exact) mass is 236 g/mol. The summed E-state index contributed by atoms with van der Waals surface area (Å²) in [5.41, 5.74) is 2.50. The Labute approximate surface area is 104 Å². The van der Waals surface area contributed by atoms with E-state index in [4.69, 9.17) is 4.52 Å². The Kier molecular flexibility index (Phi) is 3.87. The maximum absolute atomic E-state index is 5.54. The summed E-state index contributed by atoms with van der Waals surface area (Å²) in [5, 5.41) is 7.71. The largest absolute Gasteiger partial charge is 0.361 e. The minimum Gasteiger partial charge on any atom is -0.361 e. The van der Waals surface area contributed by atoms with Gasteiger partial charge in [0.2, 0.25) is 0 Å². The fourth-order valence-corrected chi connectivity index (χ4v) is 2.61. The molecule has 0 spiro atoms. The first-order valence-electron chi connectivity index (χ1n) is 6.78. The van der Waals surface area contributed by atoms with Crippen molar-refractivity contribution in [2.45, 2.75) is 58.9 Å². The molecule has 0 saturated heterocycles. The molecule has 96 valence electrons. The number of fused-ring (bicyclic) bond motifs is 1. The number of nitrogens with one attached hydrogen (secondary N) is 1. The molecule has 0 amide bonds. The summed E-state index contributed by atoms with van der Waals surface area (Å²) in [7, 11) is 0. The third-order valence-electron chi connectivity index (χ3n) is 3.65. The van der Waals surface area contributed by atoms with Gasteiger partial charge in [-0.3, -0.25) is 0 Å². The fraction of sp³-hybridized carbons (Fsp3) is 0.786. The Bertz CT molecular complexity index is 370. The molecule has 2 atom stereocenters. The van der Waals surface area contributed by atoms with Crippen LogP contribution in [-0.2, 0) is 6.54 Å². The van der Waals surface area contributed by atoms with Gasteiger partial charge < -0.3 is 9.84 Å². The molecule has 2 rings (SSSR count). The average molecular weight is 236 g/mol. The molecule has 0 radical (unpaired) electrons. The van der Waals surface area contributed by atoms with Crippen LogP contribution in [0.15, 0.2) is 4.52 Å². The zero-order valence-corrected chi connectivity index (χ0v) is 11.4. The van der Waals surface area contributed by atoms with E-state index in [0.717, 1.165) is 24.5 Å². The molecule has 1 N–H and O–H groups in total. The average Bonchev–Trinajstić information content (AvgIpc) is 2.68. The van der Waals surface area contributed by atoms with Crippen LogP contribution in [0.2, 0.25) is 0 Å². The molecule has 0 aliphatic heterocycles. The third-order valence-corrected chi connectivity index (χ3v) is 3.65. The molecule has 1 aromatic rings. The fourth-order valence-electron chi connectivity index (χ4n) is 2.61. The Hall–Kier alpha value is -0.830. The SMILES string of the molecule is CC(C)CNCc1noc2c1C(C)CCC2C. The zero-order chi connectivity index (χ0) is 12.4. The molecule has 0 saturated carbocycles. The summed E-state index contributed by atoms with van der Waals surface area (Å²) in [6.07, 6.45) is 2.48. The molecule has 0 bridgehead atoms. The van der Waals surface area contributed by atoms with Gasteiger partial charge in [-0.05, 0) is 31.2 Å². The second-order valence-corrected chi connectivity index (χ2v) is 5.81. The highest BCUT2D eigenvalue weighted by molar-refractivity contribution is 5.31. The molecule has 0 aromatic carbocycles. The quantitative estimate of drug-likeness (QED) is 0.870. The van der Waals surface area contributed by atoms with Crippen LogP contribution < -0.4 is 5.32 Å². The maximum Gasteiger partial charge on any atom is 0.143 e. The number of aromatic nitrogens is 1. The van der Waals surface area contributed by atoms with Crippen LogP contribution in [0.4, 0.5) is 0 Å². The van der Waals surface area contributed by atoms with Crippen molar-refractivity contribution in [2.75, 3.05) is 6.54 Å². The molecule has 1 heterocycles. The summed E-state index contributed by atoms with van der Waals surface area (Å²) in [4.78, 5) is 0. The van der Waals surface area contributed by atoms with Crippen molar-refractivity contribution in [1.82, 2.24) is 10.5 Å². The van der Waals surface area contributed by atoms with Crippen LogP contribution in [0, 0.1) is 5.92 Å². The van der Waals surface area contributed by atoms with Gasteiger partial charge >= 0.3 is 0 Å². The normalized spacial score (nSPS) is 24.1. The number of rotatable bonds is 4. The van der Waals surface area contributed by atoms with Crippen molar-refractivity contribution in [3.8, 4) is 0 Å². The first-order chi connectivity index (χ1) is 8.09. The Balaban J connectivity index is 2.08. The predicted molar refractivity (Wildman–Crippen MR) is 69.1 cm³/mol. The van der Waals surface area contributed by atoms with Gasteiger partial charge in [-0.1, -0.05) is 32.9 Å². The molecule has 2 unspecified atom stereocenters. The molecular formula is C14H24N2O. The summed E-state index contributed by atoms with van der Waals surface area (Å²) in [6.45, 7) is 10.8. The van der Waals surface area contributed by atoms with Gasteiger partial charge in [0, 0.05) is 18.0 Å². The molecule has 1 aliphatic carbocycles. The van der Waals surface area contributed by atoms with Crippen molar-refractivity contribution >= 4 is 0 Å². The maximum atomic E-state index is 5.54. The van der Waals surface area contributed by atoms with Gasteiger partial charge in [-0.25, -0.2) is 0 Å². The van der Waals surface area contributed by atoms with E-state index < -0.39 is 0 Å². The van der Waals surface area contributed by atoms with Crippen LogP contribution >= 0.6 is 0 Å². The summed E-state index contributed by atoms with van der Waals surface area (Å²) >= 11 is 0. The highest BCUT2D eigenvalue weighted by Gasteiger charge is 2.29. The second kappa shape index (κ2) is 5.21. The Morgan fingerprint density at radius 3 is 2.71 bits per heavy atom. The predicted octanol–water partition coefficient (Wildman–Crippen LogP) is 3.42. The summed E-state index contributed by atoms with van der Waals surface area (Å²) < 4.78 is 5.54. The first-order valence-corrected chi connectivity index (χ1v) is 6.78. The highest BCUT2D eigenvalue weighted by Crippen LogP contribution is 2.40. The molecule has 17 heavy (non-hydrogen) atoms. The van der Waals surface area contributed by atoms with Crippen LogP contribution in [0.1, 0.15) is 69.4 Å². The van der Waals surface area contributed by atoms with E-state index in [1.165, 1.54) is 18.4 Å². The highest BCUT2D eigenvalue weighted by atomic mass is 16.5. The van der Waals surface area contributed by atoms with E-state index in [9.17, 15) is 0 Å². The molecule has 0 fully saturated rings. The van der Waals surface area contributed by atoms with Crippen molar-refractivity contribution in [1.29, 1.82) is 0 Å². The van der Waals surface area contributed by atoms with Crippen molar-refractivity contribution < 1.29 is 4.52 Å². The van der Waals surface area contributed by atoms with Gasteiger partial charge in [0.15, 0.2) is 0 Å². The lowest BCUT2D eigenvalue weighted by Crippen LogP contribution is -2.21. The van der Waals surface area contributed by atoms with Gasteiger partial charge in [-0.2, -0.15) is 0 Å². The van der Waals surface area contributed by atoms with E-state index in [1.54, 1.807) is 0 Å². The van der Waals surface area contributed by atoms with Gasteiger partial charge in [0.1, 0.15) is 11.5 Å². The molecular weight excluding hydrogens is 212 g/mol. The Morgan fingerprint density at radius 2 is 2.00 bits per heavy atom. The topological polar surface area (TPSA) is 38.1 Å². The van der Waals surface area contributed by atoms with Gasteiger partial charge in [-0.15, -0.1) is 0 Å². The first kappa shape index (κ1) is 12.6. The zero-order valence-electron chi connectivity index (χ0n) is 11.4. The van der Waals surface area contributed by atoms with Gasteiger partial charge in [0.25, 0.3) is 0 Å². The lowest BCUT2D eigenvalue weighted by atomic mass is 9.82. The van der Waals surface area contributed by atoms with E-state index in [-0.39, 0.29) is 0 Å². The Morgan fingerprint density at radius 1 is 1.29 bits per heavy atom. The minimum atomic E-state index is 0.535. The lowest BCUT2D eigenvalue weighted by molar-refractivity contribution is 0.338. The van der Waals surface area contributed by atoms with Crippen LogP contribution in [0.5, 0.6) is 0 Å². The standard InChI is InChI=1S/C14H24N2O/c1-9(2)7-15-8-12-13-10(3)5-6-11(4)14(13)17-16-12/h9-11,15H,5-8H2,1-4H3.